The van der Waals surface area contributed by atoms with Gasteiger partial charge in [0, 0.05) is 38.2 Å². The van der Waals surface area contributed by atoms with Gasteiger partial charge in [-0.05, 0) is 68.3 Å². The van der Waals surface area contributed by atoms with Gasteiger partial charge >= 0.3 is 0 Å². The molecule has 0 bridgehead atoms. The van der Waals surface area contributed by atoms with Crippen LogP contribution in [0.4, 0.5) is 10.1 Å². The summed E-state index contributed by atoms with van der Waals surface area (Å²) in [5, 5.41) is 7.28. The molecule has 1 aromatic heterocycles. The maximum absolute atomic E-state index is 13.0. The molecule has 164 valence electrons. The second-order valence-electron chi connectivity index (χ2n) is 7.25. The fraction of sp³-hybridized carbons (Fsp3) is 0.524. The number of nitrogens with one attached hydrogen (secondary N) is 1. The maximum atomic E-state index is 13.0. The Morgan fingerprint density at radius 1 is 1.17 bits per heavy atom. The van der Waals surface area contributed by atoms with Gasteiger partial charge in [-0.3, -0.25) is 4.79 Å². The highest BCUT2D eigenvalue weighted by atomic mass is 35.5. The van der Waals surface area contributed by atoms with E-state index in [2.05, 4.69) is 14.7 Å². The molecule has 0 saturated carbocycles. The van der Waals surface area contributed by atoms with Crippen molar-refractivity contribution in [1.29, 1.82) is 0 Å². The van der Waals surface area contributed by atoms with E-state index >= 15 is 0 Å². The third-order valence-corrected chi connectivity index (χ3v) is 6.58. The summed E-state index contributed by atoms with van der Waals surface area (Å²) < 4.78 is 21.7. The minimum atomic E-state index is -0.256. The number of rotatable bonds is 4. The van der Waals surface area contributed by atoms with Crippen LogP contribution in [0.3, 0.4) is 0 Å². The van der Waals surface area contributed by atoms with Gasteiger partial charge in [0.15, 0.2) is 0 Å². The molecule has 0 atom stereocenters. The quantitative estimate of drug-likeness (QED) is 0.681. The van der Waals surface area contributed by atoms with E-state index in [0.29, 0.717) is 5.69 Å². The van der Waals surface area contributed by atoms with Gasteiger partial charge in [0.2, 0.25) is 0 Å². The van der Waals surface area contributed by atoms with Gasteiger partial charge < -0.3 is 10.1 Å². The second kappa shape index (κ2) is 11.7. The largest absolute Gasteiger partial charge is 0.385 e. The molecule has 1 aromatic carbocycles. The molecule has 1 N–H and O–H groups in total. The van der Waals surface area contributed by atoms with E-state index in [9.17, 15) is 9.18 Å². The molecule has 2 aromatic rings. The van der Waals surface area contributed by atoms with E-state index in [-0.39, 0.29) is 22.4 Å². The van der Waals surface area contributed by atoms with E-state index in [1.165, 1.54) is 36.1 Å². The molecule has 2 aliphatic heterocycles. The van der Waals surface area contributed by atoms with Gasteiger partial charge in [-0.25, -0.2) is 13.4 Å². The molecule has 9 heteroatoms. The van der Waals surface area contributed by atoms with Gasteiger partial charge in [0.25, 0.3) is 5.56 Å². The highest BCUT2D eigenvalue weighted by molar-refractivity contribution is 7.97. The van der Waals surface area contributed by atoms with Crippen molar-refractivity contribution < 1.29 is 9.13 Å². The van der Waals surface area contributed by atoms with Crippen LogP contribution >= 0.6 is 23.5 Å². The van der Waals surface area contributed by atoms with Crippen LogP contribution in [0.15, 0.2) is 40.2 Å². The van der Waals surface area contributed by atoms with E-state index in [1.54, 1.807) is 37.3 Å². The Kier molecular flexibility index (Phi) is 8.99. The first kappa shape index (κ1) is 23.1. The van der Waals surface area contributed by atoms with Gasteiger partial charge in [0.05, 0.1) is 17.9 Å². The number of hydrogen-bond donors (Lipinski definition) is 1. The van der Waals surface area contributed by atoms with E-state index in [1.807, 2.05) is 0 Å². The van der Waals surface area contributed by atoms with Crippen LogP contribution in [0.25, 0.3) is 0 Å². The van der Waals surface area contributed by atoms with Crippen molar-refractivity contribution in [3.05, 3.63) is 51.7 Å². The molecular weight excluding hydrogens is 427 g/mol. The van der Waals surface area contributed by atoms with E-state index < -0.39 is 0 Å². The molecule has 3 heterocycles. The van der Waals surface area contributed by atoms with Crippen molar-refractivity contribution in [2.45, 2.75) is 43.0 Å². The molecule has 0 unspecified atom stereocenters. The first-order valence-corrected chi connectivity index (χ1v) is 11.4. The Bertz CT molecular complexity index is 842. The molecule has 0 spiro atoms. The van der Waals surface area contributed by atoms with Crippen molar-refractivity contribution in [3.63, 3.8) is 0 Å². The summed E-state index contributed by atoms with van der Waals surface area (Å²) in [5.74, 6) is -0.231. The smallest absolute Gasteiger partial charge is 0.287 e. The first-order valence-electron chi connectivity index (χ1n) is 10.3. The zero-order chi connectivity index (χ0) is 21.3. The summed E-state index contributed by atoms with van der Waals surface area (Å²) in [6.45, 7) is 3.65. The van der Waals surface area contributed by atoms with Crippen molar-refractivity contribution in [2.75, 3.05) is 38.7 Å². The number of ether oxygens (including phenoxy) is 1. The summed E-state index contributed by atoms with van der Waals surface area (Å²) in [4.78, 5) is 13.3. The Labute approximate surface area is 185 Å². The second-order valence-corrected chi connectivity index (χ2v) is 8.80. The van der Waals surface area contributed by atoms with Gasteiger partial charge in [0.1, 0.15) is 10.8 Å². The summed E-state index contributed by atoms with van der Waals surface area (Å²) in [5.41, 5.74) is 0.287. The van der Waals surface area contributed by atoms with Crippen molar-refractivity contribution >= 4 is 29.2 Å². The predicted octanol–water partition coefficient (Wildman–Crippen LogP) is 4.61. The fourth-order valence-electron chi connectivity index (χ4n) is 3.39. The number of nitrogens with zero attached hydrogens (tertiary/aromatic N) is 3. The molecule has 0 radical (unpaired) electrons. The number of piperidine rings is 1. The summed E-state index contributed by atoms with van der Waals surface area (Å²) in [7, 11) is 1.71. The highest BCUT2D eigenvalue weighted by Gasteiger charge is 2.24. The van der Waals surface area contributed by atoms with E-state index in [4.69, 9.17) is 16.3 Å². The highest BCUT2D eigenvalue weighted by Crippen LogP contribution is 2.30. The summed E-state index contributed by atoms with van der Waals surface area (Å²) in [6.07, 6.45) is 7.15. The third kappa shape index (κ3) is 6.44. The Morgan fingerprint density at radius 2 is 1.83 bits per heavy atom. The summed E-state index contributed by atoms with van der Waals surface area (Å²) in [6, 6.07) is 6.52. The lowest BCUT2D eigenvalue weighted by molar-refractivity contribution is 0.0968. The molecular formula is C21H28ClFN4O2S. The van der Waals surface area contributed by atoms with Gasteiger partial charge in [-0.15, -0.1) is 0 Å². The van der Waals surface area contributed by atoms with Crippen LogP contribution in [0.5, 0.6) is 0 Å². The number of aromatic nitrogens is 2. The van der Waals surface area contributed by atoms with Crippen LogP contribution in [-0.2, 0) is 4.74 Å². The molecule has 0 aliphatic carbocycles. The summed E-state index contributed by atoms with van der Waals surface area (Å²) >= 11 is 7.69. The lowest BCUT2D eigenvalue weighted by Crippen LogP contribution is -2.36. The lowest BCUT2D eigenvalue weighted by Gasteiger charge is -2.31. The molecule has 0 amide bonds. The van der Waals surface area contributed by atoms with Crippen molar-refractivity contribution in [3.8, 4) is 0 Å². The van der Waals surface area contributed by atoms with Gasteiger partial charge in [-0.2, -0.15) is 5.10 Å². The third-order valence-electron chi connectivity index (χ3n) is 5.11. The molecule has 4 rings (SSSR count). The van der Waals surface area contributed by atoms with Crippen LogP contribution in [0.1, 0.15) is 38.1 Å². The minimum absolute atomic E-state index is 0.0472. The normalized spacial score (nSPS) is 17.8. The molecule has 30 heavy (non-hydrogen) atoms. The van der Waals surface area contributed by atoms with Crippen LogP contribution in [0, 0.1) is 5.82 Å². The fourth-order valence-corrected chi connectivity index (χ4v) is 4.57. The Morgan fingerprint density at radius 3 is 2.37 bits per heavy atom. The SMILES string of the molecule is C1CCOCC1.CNc1cnn(C2CCN(Sc3ccc(F)cc3)CC2)c(=O)c1Cl. The zero-order valence-corrected chi connectivity index (χ0v) is 18.7. The lowest BCUT2D eigenvalue weighted by atomic mass is 10.1. The average molecular weight is 455 g/mol. The van der Waals surface area contributed by atoms with Crippen molar-refractivity contribution in [1.82, 2.24) is 14.1 Å². The van der Waals surface area contributed by atoms with Gasteiger partial charge in [-0.1, -0.05) is 11.6 Å². The first-order chi connectivity index (χ1) is 14.6. The Balaban J connectivity index is 0.000000367. The van der Waals surface area contributed by atoms with Crippen LogP contribution < -0.4 is 10.9 Å². The molecule has 2 aliphatic rings. The van der Waals surface area contributed by atoms with Crippen molar-refractivity contribution in [2.24, 2.45) is 0 Å². The van der Waals surface area contributed by atoms with Crippen LogP contribution in [-0.4, -0.2) is 47.4 Å². The zero-order valence-electron chi connectivity index (χ0n) is 17.2. The molecule has 2 saturated heterocycles. The topological polar surface area (TPSA) is 59.4 Å². The Hall–Kier alpha value is -1.61. The standard InChI is InChI=1S/C16H18ClFN4OS.C5H10O/c1-19-14-10-20-22(16(23)15(14)17)12-6-8-21(9-7-12)24-13-4-2-11(18)3-5-13;1-2-4-6-5-3-1/h2-5,10,12,19H,6-9H2,1H3;1-5H2. The minimum Gasteiger partial charge on any atom is -0.385 e. The predicted molar refractivity (Wildman–Crippen MR) is 120 cm³/mol. The molecule has 6 nitrogen and oxygen atoms in total. The molecule has 2 fully saturated rings. The number of anilines is 1. The number of benzene rings is 1. The monoisotopic (exact) mass is 454 g/mol. The van der Waals surface area contributed by atoms with E-state index in [0.717, 1.165) is 44.0 Å². The van der Waals surface area contributed by atoms with Crippen LogP contribution in [0.2, 0.25) is 5.02 Å². The number of hydrogen-bond acceptors (Lipinski definition) is 6. The number of halogens is 2. The average Bonchev–Trinajstić information content (AvgIpc) is 2.79. The maximum Gasteiger partial charge on any atom is 0.287 e.